The summed E-state index contributed by atoms with van der Waals surface area (Å²) in [6, 6.07) is 10.9. The van der Waals surface area contributed by atoms with Crippen molar-refractivity contribution in [3.8, 4) is 0 Å². The van der Waals surface area contributed by atoms with Crippen molar-refractivity contribution < 1.29 is 4.79 Å². The average molecular weight is 313 g/mol. The molecule has 0 spiro atoms. The highest BCUT2D eigenvalue weighted by molar-refractivity contribution is 7.20. The topological polar surface area (TPSA) is 20.3 Å². The molecular weight excluding hydrogens is 290 g/mol. The zero-order valence-corrected chi connectivity index (χ0v) is 13.8. The first-order valence-electron chi connectivity index (χ1n) is 8.62. The first-order valence-corrected chi connectivity index (χ1v) is 9.44. The molecule has 0 bridgehead atoms. The predicted octanol–water partition coefficient (Wildman–Crippen LogP) is 5.09. The molecule has 2 nitrogen and oxygen atoms in total. The maximum atomic E-state index is 13.0. The number of carbonyl (C=O) groups is 1. The van der Waals surface area contributed by atoms with Crippen LogP contribution in [-0.4, -0.2) is 23.4 Å². The Bertz CT molecular complexity index is 638. The van der Waals surface area contributed by atoms with Crippen LogP contribution in [0.5, 0.6) is 0 Å². The number of carbonyl (C=O) groups excluding carboxylic acids is 1. The number of amides is 1. The summed E-state index contributed by atoms with van der Waals surface area (Å²) in [7, 11) is 0. The molecule has 3 heteroatoms. The molecule has 1 aliphatic carbocycles. The van der Waals surface area contributed by atoms with Crippen LogP contribution in [0.15, 0.2) is 30.3 Å². The van der Waals surface area contributed by atoms with Crippen molar-refractivity contribution in [2.24, 2.45) is 5.92 Å². The Morgan fingerprint density at radius 3 is 2.68 bits per heavy atom. The van der Waals surface area contributed by atoms with E-state index in [0.717, 1.165) is 17.3 Å². The molecule has 1 atom stereocenters. The molecule has 0 radical (unpaired) electrons. The molecule has 1 saturated carbocycles. The van der Waals surface area contributed by atoms with Crippen molar-refractivity contribution in [1.29, 1.82) is 0 Å². The Labute approximate surface area is 136 Å². The lowest BCUT2D eigenvalue weighted by Gasteiger charge is -2.33. The van der Waals surface area contributed by atoms with Crippen LogP contribution in [0.4, 0.5) is 0 Å². The van der Waals surface area contributed by atoms with E-state index in [1.807, 2.05) is 12.1 Å². The van der Waals surface area contributed by atoms with E-state index >= 15 is 0 Å². The lowest BCUT2D eigenvalue weighted by Crippen LogP contribution is -2.40. The third-order valence-electron chi connectivity index (χ3n) is 5.39. The highest BCUT2D eigenvalue weighted by atomic mass is 32.1. The molecule has 22 heavy (non-hydrogen) atoms. The van der Waals surface area contributed by atoms with E-state index in [9.17, 15) is 4.79 Å². The van der Waals surface area contributed by atoms with E-state index in [1.165, 1.54) is 55.0 Å². The number of hydrogen-bond acceptors (Lipinski definition) is 2. The monoisotopic (exact) mass is 313 g/mol. The first-order chi connectivity index (χ1) is 10.8. The van der Waals surface area contributed by atoms with Crippen molar-refractivity contribution >= 4 is 27.3 Å². The molecule has 2 fully saturated rings. The molecule has 1 aromatic carbocycles. The van der Waals surface area contributed by atoms with Crippen molar-refractivity contribution in [2.45, 2.75) is 51.0 Å². The maximum Gasteiger partial charge on any atom is 0.264 e. The number of fused-ring (bicyclic) bond motifs is 1. The summed E-state index contributed by atoms with van der Waals surface area (Å²) in [5.41, 5.74) is 0. The SMILES string of the molecule is O=C(c1cc2ccccc2s1)N1CCC[C@H]1C1CCCCC1. The van der Waals surface area contributed by atoms with E-state index in [0.29, 0.717) is 6.04 Å². The Morgan fingerprint density at radius 2 is 1.86 bits per heavy atom. The number of rotatable bonds is 2. The van der Waals surface area contributed by atoms with Crippen LogP contribution in [0.25, 0.3) is 10.1 Å². The smallest absolute Gasteiger partial charge is 0.264 e. The fraction of sp³-hybridized carbons (Fsp3) is 0.526. The molecule has 2 aromatic rings. The second-order valence-electron chi connectivity index (χ2n) is 6.75. The average Bonchev–Trinajstić information content (AvgIpc) is 3.21. The van der Waals surface area contributed by atoms with E-state index in [-0.39, 0.29) is 5.91 Å². The number of thiophene rings is 1. The molecule has 2 aliphatic rings. The van der Waals surface area contributed by atoms with Gasteiger partial charge in [-0.25, -0.2) is 0 Å². The summed E-state index contributed by atoms with van der Waals surface area (Å²) in [5.74, 6) is 1.02. The summed E-state index contributed by atoms with van der Waals surface area (Å²) in [4.78, 5) is 16.1. The van der Waals surface area contributed by atoms with Gasteiger partial charge in [0, 0.05) is 17.3 Å². The minimum atomic E-state index is 0.272. The second-order valence-corrected chi connectivity index (χ2v) is 7.84. The van der Waals surface area contributed by atoms with Crippen LogP contribution in [-0.2, 0) is 0 Å². The van der Waals surface area contributed by atoms with Gasteiger partial charge in [0.2, 0.25) is 0 Å². The third-order valence-corrected chi connectivity index (χ3v) is 6.49. The van der Waals surface area contributed by atoms with Gasteiger partial charge in [0.15, 0.2) is 0 Å². The fourth-order valence-electron chi connectivity index (χ4n) is 4.28. The van der Waals surface area contributed by atoms with Gasteiger partial charge in [0.1, 0.15) is 0 Å². The normalized spacial score (nSPS) is 23.3. The standard InChI is InChI=1S/C19H23NOS/c21-19(18-13-15-9-4-5-11-17(15)22-18)20-12-6-10-16(20)14-7-2-1-3-8-14/h4-5,9,11,13-14,16H,1-3,6-8,10,12H2/t16-/m0/s1. The Morgan fingerprint density at radius 1 is 1.05 bits per heavy atom. The molecule has 2 heterocycles. The van der Waals surface area contributed by atoms with Gasteiger partial charge in [0.05, 0.1) is 4.88 Å². The van der Waals surface area contributed by atoms with E-state index in [1.54, 1.807) is 11.3 Å². The molecular formula is C19H23NOS. The molecule has 1 amide bonds. The highest BCUT2D eigenvalue weighted by Gasteiger charge is 2.35. The summed E-state index contributed by atoms with van der Waals surface area (Å²) in [6.07, 6.45) is 9.12. The quantitative estimate of drug-likeness (QED) is 0.756. The predicted molar refractivity (Wildman–Crippen MR) is 92.5 cm³/mol. The Hall–Kier alpha value is -1.35. The van der Waals surface area contributed by atoms with E-state index in [4.69, 9.17) is 0 Å². The lowest BCUT2D eigenvalue weighted by molar-refractivity contribution is 0.0666. The van der Waals surface area contributed by atoms with Crippen LogP contribution >= 0.6 is 11.3 Å². The minimum Gasteiger partial charge on any atom is -0.335 e. The third kappa shape index (κ3) is 2.56. The highest BCUT2D eigenvalue weighted by Crippen LogP contribution is 2.36. The summed E-state index contributed by atoms with van der Waals surface area (Å²) < 4.78 is 1.22. The summed E-state index contributed by atoms with van der Waals surface area (Å²) in [5, 5.41) is 1.20. The summed E-state index contributed by atoms with van der Waals surface area (Å²) >= 11 is 1.65. The van der Waals surface area contributed by atoms with Crippen LogP contribution in [0.2, 0.25) is 0 Å². The van der Waals surface area contributed by atoms with Crippen molar-refractivity contribution in [3.63, 3.8) is 0 Å². The van der Waals surface area contributed by atoms with Gasteiger partial charge < -0.3 is 4.90 Å². The second kappa shape index (κ2) is 6.04. The number of benzene rings is 1. The van der Waals surface area contributed by atoms with Crippen LogP contribution in [0.3, 0.4) is 0 Å². The lowest BCUT2D eigenvalue weighted by atomic mass is 9.83. The fourth-order valence-corrected chi connectivity index (χ4v) is 5.30. The zero-order chi connectivity index (χ0) is 14.9. The van der Waals surface area contributed by atoms with Gasteiger partial charge in [-0.3, -0.25) is 4.79 Å². The zero-order valence-electron chi connectivity index (χ0n) is 13.0. The van der Waals surface area contributed by atoms with Gasteiger partial charge in [-0.15, -0.1) is 11.3 Å². The van der Waals surface area contributed by atoms with Crippen molar-refractivity contribution in [1.82, 2.24) is 4.90 Å². The van der Waals surface area contributed by atoms with Crippen LogP contribution < -0.4 is 0 Å². The van der Waals surface area contributed by atoms with Gasteiger partial charge in [0.25, 0.3) is 5.91 Å². The largest absolute Gasteiger partial charge is 0.335 e. The van der Waals surface area contributed by atoms with Crippen molar-refractivity contribution in [3.05, 3.63) is 35.2 Å². The first kappa shape index (κ1) is 14.3. The number of hydrogen-bond donors (Lipinski definition) is 0. The molecule has 4 rings (SSSR count). The van der Waals surface area contributed by atoms with Gasteiger partial charge in [-0.1, -0.05) is 37.5 Å². The number of nitrogens with zero attached hydrogens (tertiary/aromatic N) is 1. The summed E-state index contributed by atoms with van der Waals surface area (Å²) in [6.45, 7) is 0.953. The Kier molecular flexibility index (Phi) is 3.91. The van der Waals surface area contributed by atoms with Gasteiger partial charge in [-0.05, 0) is 49.1 Å². The minimum absolute atomic E-state index is 0.272. The maximum absolute atomic E-state index is 13.0. The van der Waals surface area contributed by atoms with Crippen LogP contribution in [0, 0.1) is 5.92 Å². The number of likely N-dealkylation sites (tertiary alicyclic amines) is 1. The molecule has 0 unspecified atom stereocenters. The van der Waals surface area contributed by atoms with Gasteiger partial charge >= 0.3 is 0 Å². The molecule has 1 saturated heterocycles. The molecule has 0 N–H and O–H groups in total. The van der Waals surface area contributed by atoms with E-state index < -0.39 is 0 Å². The van der Waals surface area contributed by atoms with Crippen LogP contribution in [0.1, 0.15) is 54.6 Å². The molecule has 116 valence electrons. The van der Waals surface area contributed by atoms with Crippen molar-refractivity contribution in [2.75, 3.05) is 6.54 Å². The van der Waals surface area contributed by atoms with E-state index in [2.05, 4.69) is 23.1 Å². The van der Waals surface area contributed by atoms with Gasteiger partial charge in [-0.2, -0.15) is 0 Å². The Balaban J connectivity index is 1.57. The molecule has 1 aliphatic heterocycles. The molecule has 1 aromatic heterocycles.